The highest BCUT2D eigenvalue weighted by Crippen LogP contribution is 2.30. The van der Waals surface area contributed by atoms with E-state index in [0.717, 1.165) is 50.0 Å². The van der Waals surface area contributed by atoms with Gasteiger partial charge in [0, 0.05) is 48.3 Å². The lowest BCUT2D eigenvalue weighted by Gasteiger charge is -2.25. The van der Waals surface area contributed by atoms with Crippen molar-refractivity contribution < 1.29 is 13.9 Å². The van der Waals surface area contributed by atoms with Gasteiger partial charge in [0.05, 0.1) is 6.61 Å². The second kappa shape index (κ2) is 6.52. The van der Waals surface area contributed by atoms with E-state index >= 15 is 0 Å². The maximum absolute atomic E-state index is 12.7. The Morgan fingerprint density at radius 1 is 1.28 bits per heavy atom. The van der Waals surface area contributed by atoms with E-state index in [0.29, 0.717) is 23.2 Å². The molecule has 6 heteroatoms. The number of benzene rings is 1. The van der Waals surface area contributed by atoms with Gasteiger partial charge < -0.3 is 19.4 Å². The Morgan fingerprint density at radius 2 is 2.12 bits per heavy atom. The number of ether oxygens (including phenoxy) is 1. The molecule has 1 saturated heterocycles. The number of amides is 2. The summed E-state index contributed by atoms with van der Waals surface area (Å²) in [7, 11) is 0. The van der Waals surface area contributed by atoms with Gasteiger partial charge in [-0.25, -0.2) is 9.59 Å². The van der Waals surface area contributed by atoms with Crippen LogP contribution in [0.15, 0.2) is 33.5 Å². The van der Waals surface area contributed by atoms with E-state index in [1.54, 1.807) is 6.07 Å². The fraction of sp³-hybridized carbons (Fsp3) is 0.474. The van der Waals surface area contributed by atoms with Crippen LogP contribution in [-0.2, 0) is 4.74 Å². The Kier molecular flexibility index (Phi) is 4.21. The van der Waals surface area contributed by atoms with Crippen molar-refractivity contribution in [1.29, 1.82) is 0 Å². The van der Waals surface area contributed by atoms with Crippen molar-refractivity contribution in [3.8, 4) is 0 Å². The van der Waals surface area contributed by atoms with Crippen molar-refractivity contribution in [2.75, 3.05) is 25.1 Å². The number of fused-ring (bicyclic) bond motifs is 1. The van der Waals surface area contributed by atoms with Gasteiger partial charge in [-0.1, -0.05) is 0 Å². The molecular formula is C19H22N2O4. The molecule has 4 rings (SSSR count). The molecular weight excluding hydrogens is 320 g/mol. The van der Waals surface area contributed by atoms with E-state index in [1.807, 2.05) is 24.0 Å². The third-order valence-electron chi connectivity index (χ3n) is 4.93. The van der Waals surface area contributed by atoms with Crippen LogP contribution in [0.5, 0.6) is 0 Å². The molecule has 0 radical (unpaired) electrons. The summed E-state index contributed by atoms with van der Waals surface area (Å²) >= 11 is 0. The molecule has 0 unspecified atom stereocenters. The molecule has 1 aromatic heterocycles. The molecule has 1 saturated carbocycles. The van der Waals surface area contributed by atoms with Crippen molar-refractivity contribution in [3.63, 3.8) is 0 Å². The highest BCUT2D eigenvalue weighted by molar-refractivity contribution is 5.93. The number of hydrogen-bond donors (Lipinski definition) is 1. The zero-order valence-electron chi connectivity index (χ0n) is 14.3. The molecule has 1 aromatic carbocycles. The number of carbonyl (C=O) groups excluding carboxylic acids is 1. The summed E-state index contributed by atoms with van der Waals surface area (Å²) in [4.78, 5) is 26.2. The average molecular weight is 342 g/mol. The second-order valence-electron chi connectivity index (χ2n) is 7.00. The Balaban J connectivity index is 1.52. The number of urea groups is 1. The molecule has 2 amide bonds. The first kappa shape index (κ1) is 16.1. The molecule has 1 aliphatic heterocycles. The SMILES string of the molecule is Cc1cc(=O)oc2cc(NC(=O)N(C[C@H]3CCOC3)C3CC3)ccc12. The van der Waals surface area contributed by atoms with E-state index in [1.165, 1.54) is 6.07 Å². The fourth-order valence-electron chi connectivity index (χ4n) is 3.39. The summed E-state index contributed by atoms with van der Waals surface area (Å²) in [6.07, 6.45) is 3.14. The van der Waals surface area contributed by atoms with Gasteiger partial charge in [0.1, 0.15) is 5.58 Å². The second-order valence-corrected chi connectivity index (χ2v) is 7.00. The van der Waals surface area contributed by atoms with Crippen LogP contribution < -0.4 is 10.9 Å². The summed E-state index contributed by atoms with van der Waals surface area (Å²) in [5.41, 5.74) is 1.61. The Morgan fingerprint density at radius 3 is 2.84 bits per heavy atom. The van der Waals surface area contributed by atoms with Crippen molar-refractivity contribution in [2.45, 2.75) is 32.2 Å². The average Bonchev–Trinajstić information content (AvgIpc) is 3.27. The Hall–Kier alpha value is -2.34. The van der Waals surface area contributed by atoms with Crippen LogP contribution in [0.2, 0.25) is 0 Å². The number of rotatable bonds is 4. The zero-order chi connectivity index (χ0) is 17.4. The van der Waals surface area contributed by atoms with Gasteiger partial charge in [0.25, 0.3) is 0 Å². The minimum atomic E-state index is -0.380. The van der Waals surface area contributed by atoms with Gasteiger partial charge in [0.2, 0.25) is 0 Å². The van der Waals surface area contributed by atoms with E-state index in [2.05, 4.69) is 5.32 Å². The molecule has 132 valence electrons. The third-order valence-corrected chi connectivity index (χ3v) is 4.93. The van der Waals surface area contributed by atoms with Crippen LogP contribution >= 0.6 is 0 Å². The zero-order valence-corrected chi connectivity index (χ0v) is 14.3. The molecule has 0 spiro atoms. The highest BCUT2D eigenvalue weighted by atomic mass is 16.5. The van der Waals surface area contributed by atoms with Crippen LogP contribution in [-0.4, -0.2) is 36.7 Å². The van der Waals surface area contributed by atoms with Crippen molar-refractivity contribution in [3.05, 3.63) is 40.2 Å². The highest BCUT2D eigenvalue weighted by Gasteiger charge is 2.34. The largest absolute Gasteiger partial charge is 0.423 e. The van der Waals surface area contributed by atoms with Gasteiger partial charge in [-0.3, -0.25) is 0 Å². The van der Waals surface area contributed by atoms with E-state index in [9.17, 15) is 9.59 Å². The van der Waals surface area contributed by atoms with Crippen LogP contribution in [0.1, 0.15) is 24.8 Å². The monoisotopic (exact) mass is 342 g/mol. The standard InChI is InChI=1S/C19H22N2O4/c1-12-8-18(22)25-17-9-14(2-5-16(12)17)20-19(23)21(15-3-4-15)10-13-6-7-24-11-13/h2,5,8-9,13,15H,3-4,6-7,10-11H2,1H3,(H,20,23)/t13-/m1/s1. The van der Waals surface area contributed by atoms with Crippen molar-refractivity contribution in [2.24, 2.45) is 5.92 Å². The molecule has 2 heterocycles. The van der Waals surface area contributed by atoms with E-state index in [-0.39, 0.29) is 11.7 Å². The lowest BCUT2D eigenvalue weighted by Crippen LogP contribution is -2.40. The molecule has 1 N–H and O–H groups in total. The number of anilines is 1. The van der Waals surface area contributed by atoms with Gasteiger partial charge in [-0.05, 0) is 43.9 Å². The topological polar surface area (TPSA) is 71.8 Å². The lowest BCUT2D eigenvalue weighted by molar-refractivity contribution is 0.167. The maximum Gasteiger partial charge on any atom is 0.336 e. The Bertz CT molecular complexity index is 850. The number of hydrogen-bond acceptors (Lipinski definition) is 4. The summed E-state index contributed by atoms with van der Waals surface area (Å²) in [6.45, 7) is 4.12. The first-order valence-corrected chi connectivity index (χ1v) is 8.80. The molecule has 1 atom stereocenters. The van der Waals surface area contributed by atoms with Crippen LogP contribution in [0, 0.1) is 12.8 Å². The van der Waals surface area contributed by atoms with E-state index in [4.69, 9.17) is 9.15 Å². The quantitative estimate of drug-likeness (QED) is 0.867. The van der Waals surface area contributed by atoms with Gasteiger partial charge in [-0.15, -0.1) is 0 Å². The Labute approximate surface area is 145 Å². The number of nitrogens with one attached hydrogen (secondary N) is 1. The third kappa shape index (κ3) is 3.54. The summed E-state index contributed by atoms with van der Waals surface area (Å²) in [5.74, 6) is 0.420. The van der Waals surface area contributed by atoms with Crippen molar-refractivity contribution >= 4 is 22.7 Å². The predicted molar refractivity (Wildman–Crippen MR) is 94.9 cm³/mol. The smallest absolute Gasteiger partial charge is 0.336 e. The number of aryl methyl sites for hydroxylation is 1. The van der Waals surface area contributed by atoms with E-state index < -0.39 is 0 Å². The molecule has 6 nitrogen and oxygen atoms in total. The van der Waals surface area contributed by atoms with Gasteiger partial charge >= 0.3 is 11.7 Å². The summed E-state index contributed by atoms with van der Waals surface area (Å²) in [6, 6.07) is 7.14. The number of carbonyl (C=O) groups is 1. The van der Waals surface area contributed by atoms with Crippen LogP contribution in [0.3, 0.4) is 0 Å². The molecule has 1 aliphatic carbocycles. The summed E-state index contributed by atoms with van der Waals surface area (Å²) in [5, 5.41) is 3.83. The minimum Gasteiger partial charge on any atom is -0.423 e. The molecule has 25 heavy (non-hydrogen) atoms. The van der Waals surface area contributed by atoms with Gasteiger partial charge in [0.15, 0.2) is 0 Å². The first-order chi connectivity index (χ1) is 12.1. The predicted octanol–water partition coefficient (Wildman–Crippen LogP) is 3.13. The summed E-state index contributed by atoms with van der Waals surface area (Å²) < 4.78 is 10.7. The lowest BCUT2D eigenvalue weighted by atomic mass is 10.1. The normalized spacial score (nSPS) is 20.0. The molecule has 2 aromatic rings. The first-order valence-electron chi connectivity index (χ1n) is 8.80. The molecule has 2 fully saturated rings. The minimum absolute atomic E-state index is 0.0937. The molecule has 0 bridgehead atoms. The van der Waals surface area contributed by atoms with Crippen LogP contribution in [0.4, 0.5) is 10.5 Å². The van der Waals surface area contributed by atoms with Crippen LogP contribution in [0.25, 0.3) is 11.0 Å². The number of nitrogens with zero attached hydrogens (tertiary/aromatic N) is 1. The maximum atomic E-state index is 12.7. The van der Waals surface area contributed by atoms with Crippen molar-refractivity contribution in [1.82, 2.24) is 4.90 Å². The van der Waals surface area contributed by atoms with Gasteiger partial charge in [-0.2, -0.15) is 0 Å². The fourth-order valence-corrected chi connectivity index (χ4v) is 3.39. The molecule has 2 aliphatic rings.